The Kier molecular flexibility index (Phi) is 4.27. The highest BCUT2D eigenvalue weighted by atomic mass is 79.9. The van der Waals surface area contributed by atoms with Crippen molar-refractivity contribution in [3.05, 3.63) is 69.8 Å². The summed E-state index contributed by atoms with van der Waals surface area (Å²) in [7, 11) is 0. The second kappa shape index (κ2) is 6.58. The molecule has 2 heterocycles. The van der Waals surface area contributed by atoms with Gasteiger partial charge in [0.15, 0.2) is 0 Å². The van der Waals surface area contributed by atoms with Crippen LogP contribution in [-0.4, -0.2) is 9.97 Å². The number of rotatable bonds is 3. The molecule has 5 heteroatoms. The third-order valence-corrected chi connectivity index (χ3v) is 5.62. The van der Waals surface area contributed by atoms with Crippen molar-refractivity contribution >= 4 is 49.0 Å². The lowest BCUT2D eigenvalue weighted by atomic mass is 10.0. The average molecular weight is 410 g/mol. The zero-order valence-electron chi connectivity index (χ0n) is 13.9. The van der Waals surface area contributed by atoms with E-state index >= 15 is 0 Å². The number of aryl methyl sites for hydroxylation is 2. The molecule has 0 bridgehead atoms. The molecule has 2 aromatic heterocycles. The summed E-state index contributed by atoms with van der Waals surface area (Å²) in [5, 5.41) is 4.55. The Morgan fingerprint density at radius 2 is 1.80 bits per heavy atom. The van der Waals surface area contributed by atoms with Gasteiger partial charge in [-0.25, -0.2) is 9.97 Å². The van der Waals surface area contributed by atoms with E-state index in [-0.39, 0.29) is 0 Å². The van der Waals surface area contributed by atoms with Crippen LogP contribution in [0.15, 0.2) is 59.3 Å². The predicted octanol–water partition coefficient (Wildman–Crippen LogP) is 6.48. The van der Waals surface area contributed by atoms with E-state index in [0.717, 1.165) is 26.2 Å². The minimum atomic E-state index is 0.845. The minimum Gasteiger partial charge on any atom is -0.340 e. The van der Waals surface area contributed by atoms with Gasteiger partial charge in [-0.2, -0.15) is 0 Å². The van der Waals surface area contributed by atoms with Crippen LogP contribution in [0.25, 0.3) is 21.3 Å². The number of nitrogens with one attached hydrogen (secondary N) is 1. The monoisotopic (exact) mass is 409 g/mol. The van der Waals surface area contributed by atoms with E-state index in [2.05, 4.69) is 87.5 Å². The smallest absolute Gasteiger partial charge is 0.143 e. The molecule has 0 saturated carbocycles. The highest BCUT2D eigenvalue weighted by Gasteiger charge is 2.16. The van der Waals surface area contributed by atoms with Crippen molar-refractivity contribution in [2.45, 2.75) is 13.8 Å². The summed E-state index contributed by atoms with van der Waals surface area (Å²) in [6.07, 6.45) is 1.63. The van der Waals surface area contributed by atoms with Gasteiger partial charge < -0.3 is 5.32 Å². The largest absolute Gasteiger partial charge is 0.340 e. The number of fused-ring (bicyclic) bond motifs is 1. The number of hydrogen-bond donors (Lipinski definition) is 1. The molecular formula is C20H16BrN3S. The van der Waals surface area contributed by atoms with E-state index in [1.165, 1.54) is 21.6 Å². The Morgan fingerprint density at radius 3 is 2.56 bits per heavy atom. The first-order valence-corrected chi connectivity index (χ1v) is 9.56. The molecule has 25 heavy (non-hydrogen) atoms. The van der Waals surface area contributed by atoms with E-state index in [1.807, 2.05) is 6.07 Å². The van der Waals surface area contributed by atoms with Gasteiger partial charge in [-0.15, -0.1) is 11.3 Å². The minimum absolute atomic E-state index is 0.845. The van der Waals surface area contributed by atoms with Crippen LogP contribution in [0.2, 0.25) is 0 Å². The second-order valence-electron chi connectivity index (χ2n) is 5.94. The van der Waals surface area contributed by atoms with Gasteiger partial charge in [-0.3, -0.25) is 0 Å². The summed E-state index contributed by atoms with van der Waals surface area (Å²) in [6, 6.07) is 16.7. The molecule has 0 aliphatic rings. The van der Waals surface area contributed by atoms with Crippen molar-refractivity contribution in [1.82, 2.24) is 9.97 Å². The predicted molar refractivity (Wildman–Crippen MR) is 110 cm³/mol. The quantitative estimate of drug-likeness (QED) is 0.420. The Hall–Kier alpha value is -2.24. The lowest BCUT2D eigenvalue weighted by Crippen LogP contribution is -1.96. The van der Waals surface area contributed by atoms with Gasteiger partial charge >= 0.3 is 0 Å². The first-order valence-electron chi connectivity index (χ1n) is 7.95. The highest BCUT2D eigenvalue weighted by molar-refractivity contribution is 9.10. The Morgan fingerprint density at radius 1 is 1.00 bits per heavy atom. The molecule has 0 amide bonds. The number of nitrogens with zero attached hydrogens (tertiary/aromatic N) is 2. The average Bonchev–Trinajstić information content (AvgIpc) is 2.93. The lowest BCUT2D eigenvalue weighted by molar-refractivity contribution is 1.23. The fraction of sp³-hybridized carbons (Fsp3) is 0.100. The summed E-state index contributed by atoms with van der Waals surface area (Å²) in [5.41, 5.74) is 4.62. The first-order chi connectivity index (χ1) is 12.1. The van der Waals surface area contributed by atoms with Crippen LogP contribution in [-0.2, 0) is 0 Å². The SMILES string of the molecule is Cc1cccc(Nc2ncnc3sc(C)c(-c4ccc(Br)cc4)c23)c1. The highest BCUT2D eigenvalue weighted by Crippen LogP contribution is 2.41. The van der Waals surface area contributed by atoms with Crippen molar-refractivity contribution in [2.24, 2.45) is 0 Å². The van der Waals surface area contributed by atoms with E-state index in [0.29, 0.717) is 0 Å². The van der Waals surface area contributed by atoms with Crippen LogP contribution >= 0.6 is 27.3 Å². The Bertz CT molecular complexity index is 1050. The Labute approximate surface area is 158 Å². The first kappa shape index (κ1) is 16.2. The van der Waals surface area contributed by atoms with Gasteiger partial charge in [0.05, 0.1) is 5.39 Å². The molecule has 1 N–H and O–H groups in total. The zero-order chi connectivity index (χ0) is 17.4. The molecule has 4 rings (SSSR count). The maximum atomic E-state index is 4.52. The van der Waals surface area contributed by atoms with Gasteiger partial charge in [-0.05, 0) is 49.2 Å². The van der Waals surface area contributed by atoms with Crippen LogP contribution < -0.4 is 5.32 Å². The van der Waals surface area contributed by atoms with Crippen LogP contribution in [0.4, 0.5) is 11.5 Å². The van der Waals surface area contributed by atoms with Crippen molar-refractivity contribution in [3.63, 3.8) is 0 Å². The zero-order valence-corrected chi connectivity index (χ0v) is 16.3. The summed E-state index contributed by atoms with van der Waals surface area (Å²) in [6.45, 7) is 4.23. The number of aromatic nitrogens is 2. The maximum Gasteiger partial charge on any atom is 0.143 e. The van der Waals surface area contributed by atoms with Crippen molar-refractivity contribution < 1.29 is 0 Å². The van der Waals surface area contributed by atoms with Gasteiger partial charge in [0, 0.05) is 20.6 Å². The number of anilines is 2. The van der Waals surface area contributed by atoms with E-state index < -0.39 is 0 Å². The number of hydrogen-bond acceptors (Lipinski definition) is 4. The molecule has 0 unspecified atom stereocenters. The van der Waals surface area contributed by atoms with Gasteiger partial charge in [0.1, 0.15) is 17.0 Å². The molecule has 0 fully saturated rings. The third kappa shape index (κ3) is 3.17. The second-order valence-corrected chi connectivity index (χ2v) is 8.06. The van der Waals surface area contributed by atoms with E-state index in [1.54, 1.807) is 17.7 Å². The van der Waals surface area contributed by atoms with Crippen molar-refractivity contribution in [1.29, 1.82) is 0 Å². The van der Waals surface area contributed by atoms with Crippen LogP contribution in [0.3, 0.4) is 0 Å². The fourth-order valence-corrected chi connectivity index (χ4v) is 4.24. The van der Waals surface area contributed by atoms with Gasteiger partial charge in [-0.1, -0.05) is 40.2 Å². The molecule has 4 aromatic rings. The topological polar surface area (TPSA) is 37.8 Å². The molecule has 0 radical (unpaired) electrons. The molecule has 0 aliphatic carbocycles. The molecular weight excluding hydrogens is 394 g/mol. The van der Waals surface area contributed by atoms with Crippen molar-refractivity contribution in [2.75, 3.05) is 5.32 Å². The fourth-order valence-electron chi connectivity index (χ4n) is 2.96. The molecule has 2 aromatic carbocycles. The summed E-state index contributed by atoms with van der Waals surface area (Å²) < 4.78 is 1.07. The summed E-state index contributed by atoms with van der Waals surface area (Å²) in [5.74, 6) is 0.845. The number of benzene rings is 2. The van der Waals surface area contributed by atoms with E-state index in [9.17, 15) is 0 Å². The van der Waals surface area contributed by atoms with Gasteiger partial charge in [0.2, 0.25) is 0 Å². The molecule has 0 spiro atoms. The van der Waals surface area contributed by atoms with E-state index in [4.69, 9.17) is 0 Å². The maximum absolute atomic E-state index is 4.52. The molecule has 0 saturated heterocycles. The Balaban J connectivity index is 1.89. The summed E-state index contributed by atoms with van der Waals surface area (Å²) >= 11 is 5.21. The molecule has 124 valence electrons. The van der Waals surface area contributed by atoms with Gasteiger partial charge in [0.25, 0.3) is 0 Å². The summed E-state index contributed by atoms with van der Waals surface area (Å²) in [4.78, 5) is 11.2. The number of halogens is 1. The van der Waals surface area contributed by atoms with Crippen LogP contribution in [0.1, 0.15) is 10.4 Å². The lowest BCUT2D eigenvalue weighted by Gasteiger charge is -2.09. The molecule has 0 atom stereocenters. The molecule has 3 nitrogen and oxygen atoms in total. The normalized spacial score (nSPS) is 11.0. The number of thiophene rings is 1. The standard InChI is InChI=1S/C20H16BrN3S/c1-12-4-3-5-16(10-12)24-19-18-17(14-6-8-15(21)9-7-14)13(2)25-20(18)23-11-22-19/h3-11H,1-2H3,(H,22,23,24). The molecule has 0 aliphatic heterocycles. The van der Waals surface area contributed by atoms with Crippen LogP contribution in [0.5, 0.6) is 0 Å². The third-order valence-electron chi connectivity index (χ3n) is 4.08. The van der Waals surface area contributed by atoms with Crippen LogP contribution in [0, 0.1) is 13.8 Å². The van der Waals surface area contributed by atoms with Crippen molar-refractivity contribution in [3.8, 4) is 11.1 Å².